The lowest BCUT2D eigenvalue weighted by Gasteiger charge is -2.30. The highest BCUT2D eigenvalue weighted by atomic mass is 35.5. The van der Waals surface area contributed by atoms with E-state index in [0.717, 1.165) is 17.5 Å². The summed E-state index contributed by atoms with van der Waals surface area (Å²) in [5.74, 6) is 0.140. The van der Waals surface area contributed by atoms with Gasteiger partial charge in [-0.25, -0.2) is 0 Å². The van der Waals surface area contributed by atoms with Gasteiger partial charge >= 0.3 is 0 Å². The predicted octanol–water partition coefficient (Wildman–Crippen LogP) is 4.36. The first kappa shape index (κ1) is 22.8. The Morgan fingerprint density at radius 3 is 2.52 bits per heavy atom. The van der Waals surface area contributed by atoms with E-state index in [9.17, 15) is 9.59 Å². The van der Waals surface area contributed by atoms with Crippen molar-refractivity contribution in [1.82, 2.24) is 10.2 Å². The zero-order chi connectivity index (χ0) is 21.4. The number of hydrogen-bond acceptors (Lipinski definition) is 3. The minimum Gasteiger partial charge on any atom is -0.484 e. The zero-order valence-electron chi connectivity index (χ0n) is 17.4. The van der Waals surface area contributed by atoms with Crippen LogP contribution in [0.1, 0.15) is 38.3 Å². The Morgan fingerprint density at radius 2 is 1.86 bits per heavy atom. The van der Waals surface area contributed by atoms with E-state index in [1.165, 1.54) is 4.90 Å². The fourth-order valence-corrected chi connectivity index (χ4v) is 2.99. The SMILES string of the molecule is CCC(C)NC(=O)C(C)N(Cc1ccccc1Cl)C(=O)COc1cccc(C)c1. The van der Waals surface area contributed by atoms with Gasteiger partial charge in [0.1, 0.15) is 11.8 Å². The van der Waals surface area contributed by atoms with Gasteiger partial charge in [0.2, 0.25) is 5.91 Å². The summed E-state index contributed by atoms with van der Waals surface area (Å²) >= 11 is 6.28. The molecule has 0 fully saturated rings. The average Bonchev–Trinajstić information content (AvgIpc) is 2.70. The summed E-state index contributed by atoms with van der Waals surface area (Å²) < 4.78 is 5.67. The molecule has 0 bridgehead atoms. The first-order valence-electron chi connectivity index (χ1n) is 9.84. The van der Waals surface area contributed by atoms with Crippen LogP contribution in [0.3, 0.4) is 0 Å². The number of hydrogen-bond donors (Lipinski definition) is 1. The maximum atomic E-state index is 13.0. The molecule has 0 aliphatic heterocycles. The van der Waals surface area contributed by atoms with Gasteiger partial charge in [-0.05, 0) is 56.5 Å². The first-order chi connectivity index (χ1) is 13.8. The molecule has 0 spiro atoms. The first-order valence-corrected chi connectivity index (χ1v) is 10.2. The number of amides is 2. The van der Waals surface area contributed by atoms with Crippen molar-refractivity contribution < 1.29 is 14.3 Å². The third-order valence-corrected chi connectivity index (χ3v) is 5.19. The molecule has 0 heterocycles. The number of aryl methyl sites for hydroxylation is 1. The molecule has 2 amide bonds. The summed E-state index contributed by atoms with van der Waals surface area (Å²) in [7, 11) is 0. The monoisotopic (exact) mass is 416 g/mol. The third kappa shape index (κ3) is 6.79. The molecule has 0 aliphatic rings. The highest BCUT2D eigenvalue weighted by Crippen LogP contribution is 2.19. The molecule has 2 unspecified atom stereocenters. The summed E-state index contributed by atoms with van der Waals surface area (Å²) in [4.78, 5) is 27.2. The lowest BCUT2D eigenvalue weighted by Crippen LogP contribution is -2.50. The Morgan fingerprint density at radius 1 is 1.14 bits per heavy atom. The van der Waals surface area contributed by atoms with Crippen LogP contribution in [0.2, 0.25) is 5.02 Å². The Balaban J connectivity index is 2.17. The second-order valence-corrected chi connectivity index (χ2v) is 7.62. The van der Waals surface area contributed by atoms with Crippen LogP contribution in [0.5, 0.6) is 5.75 Å². The van der Waals surface area contributed by atoms with Crippen LogP contribution in [-0.4, -0.2) is 35.4 Å². The van der Waals surface area contributed by atoms with E-state index in [1.807, 2.05) is 57.2 Å². The van der Waals surface area contributed by atoms with Gasteiger partial charge in [0, 0.05) is 17.6 Å². The molecule has 6 heteroatoms. The van der Waals surface area contributed by atoms with Gasteiger partial charge in [-0.3, -0.25) is 9.59 Å². The average molecular weight is 417 g/mol. The van der Waals surface area contributed by atoms with Crippen molar-refractivity contribution >= 4 is 23.4 Å². The highest BCUT2D eigenvalue weighted by molar-refractivity contribution is 6.31. The van der Waals surface area contributed by atoms with E-state index in [1.54, 1.807) is 19.1 Å². The van der Waals surface area contributed by atoms with Crippen LogP contribution in [0.15, 0.2) is 48.5 Å². The molecular formula is C23H29ClN2O3. The number of benzene rings is 2. The minimum absolute atomic E-state index is 0.0331. The Labute approximate surface area is 178 Å². The van der Waals surface area contributed by atoms with Crippen LogP contribution in [0.25, 0.3) is 0 Å². The smallest absolute Gasteiger partial charge is 0.261 e. The lowest BCUT2D eigenvalue weighted by molar-refractivity contribution is -0.142. The van der Waals surface area contributed by atoms with E-state index in [2.05, 4.69) is 5.32 Å². The van der Waals surface area contributed by atoms with Gasteiger partial charge in [-0.1, -0.05) is 48.9 Å². The van der Waals surface area contributed by atoms with Crippen LogP contribution < -0.4 is 10.1 Å². The van der Waals surface area contributed by atoms with Gasteiger partial charge in [0.15, 0.2) is 6.61 Å². The van der Waals surface area contributed by atoms with Crippen LogP contribution >= 0.6 is 11.6 Å². The van der Waals surface area contributed by atoms with E-state index < -0.39 is 6.04 Å². The van der Waals surface area contributed by atoms with Crippen LogP contribution in [0, 0.1) is 6.92 Å². The van der Waals surface area contributed by atoms with Crippen molar-refractivity contribution in [1.29, 1.82) is 0 Å². The van der Waals surface area contributed by atoms with Crippen molar-refractivity contribution in [2.24, 2.45) is 0 Å². The number of nitrogens with one attached hydrogen (secondary N) is 1. The Hall–Kier alpha value is -2.53. The van der Waals surface area contributed by atoms with Crippen molar-refractivity contribution in [3.05, 3.63) is 64.7 Å². The van der Waals surface area contributed by atoms with Gasteiger partial charge < -0.3 is 15.0 Å². The molecule has 0 aromatic heterocycles. The predicted molar refractivity (Wildman–Crippen MR) is 116 cm³/mol. The molecule has 0 radical (unpaired) electrons. The molecule has 1 N–H and O–H groups in total. The molecule has 2 atom stereocenters. The zero-order valence-corrected chi connectivity index (χ0v) is 18.2. The van der Waals surface area contributed by atoms with Crippen molar-refractivity contribution in [3.63, 3.8) is 0 Å². The van der Waals surface area contributed by atoms with Crippen molar-refractivity contribution in [3.8, 4) is 5.75 Å². The summed E-state index contributed by atoms with van der Waals surface area (Å²) in [6, 6.07) is 14.2. The number of ether oxygens (including phenoxy) is 1. The molecule has 2 aromatic rings. The van der Waals surface area contributed by atoms with Gasteiger partial charge in [-0.2, -0.15) is 0 Å². The summed E-state index contributed by atoms with van der Waals surface area (Å²) in [6.45, 7) is 7.68. The molecular weight excluding hydrogens is 388 g/mol. The van der Waals surface area contributed by atoms with Crippen LogP contribution in [-0.2, 0) is 16.1 Å². The highest BCUT2D eigenvalue weighted by Gasteiger charge is 2.27. The van der Waals surface area contributed by atoms with Crippen LogP contribution in [0.4, 0.5) is 0 Å². The molecule has 0 aliphatic carbocycles. The lowest BCUT2D eigenvalue weighted by atomic mass is 10.1. The van der Waals surface area contributed by atoms with Crippen molar-refractivity contribution in [2.75, 3.05) is 6.61 Å². The fraction of sp³-hybridized carbons (Fsp3) is 0.391. The van der Waals surface area contributed by atoms with E-state index in [-0.39, 0.29) is 31.0 Å². The van der Waals surface area contributed by atoms with Crippen molar-refractivity contribution in [2.45, 2.75) is 52.7 Å². The fourth-order valence-electron chi connectivity index (χ4n) is 2.79. The number of carbonyl (C=O) groups excluding carboxylic acids is 2. The maximum Gasteiger partial charge on any atom is 0.261 e. The van der Waals surface area contributed by atoms with E-state index in [0.29, 0.717) is 10.8 Å². The topological polar surface area (TPSA) is 58.6 Å². The summed E-state index contributed by atoms with van der Waals surface area (Å²) in [5, 5.41) is 3.49. The summed E-state index contributed by atoms with van der Waals surface area (Å²) in [6.07, 6.45) is 0.813. The quantitative estimate of drug-likeness (QED) is 0.660. The Bertz CT molecular complexity index is 840. The molecule has 0 saturated carbocycles. The number of nitrogens with zero attached hydrogens (tertiary/aromatic N) is 1. The molecule has 156 valence electrons. The number of halogens is 1. The molecule has 5 nitrogen and oxygen atoms in total. The second kappa shape index (κ2) is 10.9. The molecule has 0 saturated heterocycles. The number of rotatable bonds is 9. The van der Waals surface area contributed by atoms with Gasteiger partial charge in [0.25, 0.3) is 5.91 Å². The van der Waals surface area contributed by atoms with E-state index in [4.69, 9.17) is 16.3 Å². The molecule has 29 heavy (non-hydrogen) atoms. The Kier molecular flexibility index (Phi) is 8.52. The maximum absolute atomic E-state index is 13.0. The van der Waals surface area contributed by atoms with Gasteiger partial charge in [0.05, 0.1) is 0 Å². The standard InChI is InChI=1S/C23H29ClN2O3/c1-5-17(3)25-23(28)18(4)26(14-19-10-6-7-12-21(19)24)22(27)15-29-20-11-8-9-16(2)13-20/h6-13,17-18H,5,14-15H2,1-4H3,(H,25,28). The van der Waals surface area contributed by atoms with E-state index >= 15 is 0 Å². The molecule has 2 rings (SSSR count). The largest absolute Gasteiger partial charge is 0.484 e. The summed E-state index contributed by atoms with van der Waals surface area (Å²) in [5.41, 5.74) is 1.82. The van der Waals surface area contributed by atoms with Gasteiger partial charge in [-0.15, -0.1) is 0 Å². The molecule has 2 aromatic carbocycles. The third-order valence-electron chi connectivity index (χ3n) is 4.82. The normalized spacial score (nSPS) is 12.7. The number of carbonyl (C=O) groups is 2. The minimum atomic E-state index is -0.658. The second-order valence-electron chi connectivity index (χ2n) is 7.21.